The largest absolute Gasteiger partial charge is 0.465 e. The molecular weight excluding hydrogens is 418 g/mol. The number of hydrogen-bond acceptors (Lipinski definition) is 7. The molecule has 0 saturated carbocycles. The van der Waals surface area contributed by atoms with Crippen LogP contribution in [-0.4, -0.2) is 52.7 Å². The van der Waals surface area contributed by atoms with Crippen LogP contribution in [0.4, 0.5) is 10.5 Å². The van der Waals surface area contributed by atoms with Crippen LogP contribution in [0.3, 0.4) is 0 Å². The van der Waals surface area contributed by atoms with Crippen molar-refractivity contribution in [1.29, 1.82) is 0 Å². The van der Waals surface area contributed by atoms with Gasteiger partial charge in [0.2, 0.25) is 5.01 Å². The first kappa shape index (κ1) is 21.0. The van der Waals surface area contributed by atoms with Crippen molar-refractivity contribution in [3.63, 3.8) is 0 Å². The summed E-state index contributed by atoms with van der Waals surface area (Å²) in [5.74, 6) is -0.874. The van der Waals surface area contributed by atoms with Gasteiger partial charge in [0.25, 0.3) is 5.91 Å². The Balaban J connectivity index is 1.62. The molecule has 2 aromatic rings. The lowest BCUT2D eigenvalue weighted by Crippen LogP contribution is -2.42. The Hall–Kier alpha value is -2.72. The van der Waals surface area contributed by atoms with Gasteiger partial charge in [-0.05, 0) is 44.0 Å². The summed E-state index contributed by atoms with van der Waals surface area (Å²) in [6, 6.07) is 6.07. The number of aromatic nitrogens is 2. The number of carbonyl (C=O) groups excluding carboxylic acids is 3. The van der Waals surface area contributed by atoms with Crippen molar-refractivity contribution < 1.29 is 19.1 Å². The van der Waals surface area contributed by atoms with Gasteiger partial charge in [-0.2, -0.15) is 0 Å². The molecule has 1 aliphatic heterocycles. The monoisotopic (exact) mass is 437 g/mol. The molecule has 0 bridgehead atoms. The smallest absolute Gasteiger partial charge is 0.325 e. The Morgan fingerprint density at radius 3 is 2.76 bits per heavy atom. The average molecular weight is 438 g/mol. The van der Waals surface area contributed by atoms with Crippen LogP contribution < -0.4 is 10.6 Å². The SMILES string of the molecule is CCOC(=O)CNC(=O)N1CCCC1c1nnc(C(=O)Nc2ccc(Cl)cc2)s1. The lowest BCUT2D eigenvalue weighted by molar-refractivity contribution is -0.141. The number of anilines is 1. The van der Waals surface area contributed by atoms with E-state index in [-0.39, 0.29) is 36.1 Å². The van der Waals surface area contributed by atoms with E-state index in [4.69, 9.17) is 16.3 Å². The number of rotatable bonds is 6. The predicted octanol–water partition coefficient (Wildman–Crippen LogP) is 2.85. The number of ether oxygens (including phenoxy) is 1. The topological polar surface area (TPSA) is 114 Å². The third-order valence-electron chi connectivity index (χ3n) is 4.22. The number of carbonyl (C=O) groups is 3. The minimum absolute atomic E-state index is 0.194. The molecule has 0 aliphatic carbocycles. The molecule has 2 heterocycles. The lowest BCUT2D eigenvalue weighted by Gasteiger charge is -2.22. The van der Waals surface area contributed by atoms with E-state index in [2.05, 4.69) is 20.8 Å². The van der Waals surface area contributed by atoms with E-state index in [1.807, 2.05) is 0 Å². The zero-order chi connectivity index (χ0) is 20.8. The number of halogens is 1. The third kappa shape index (κ3) is 5.42. The molecule has 11 heteroatoms. The minimum atomic E-state index is -0.492. The summed E-state index contributed by atoms with van der Waals surface area (Å²) >= 11 is 6.98. The van der Waals surface area contributed by atoms with Gasteiger partial charge in [-0.15, -0.1) is 10.2 Å². The molecular formula is C18H20ClN5O4S. The van der Waals surface area contributed by atoms with Gasteiger partial charge in [0.15, 0.2) is 0 Å². The number of hydrogen-bond donors (Lipinski definition) is 2. The highest BCUT2D eigenvalue weighted by molar-refractivity contribution is 7.13. The molecule has 3 amide bonds. The van der Waals surface area contributed by atoms with Gasteiger partial charge in [-0.1, -0.05) is 22.9 Å². The maximum Gasteiger partial charge on any atom is 0.325 e. The van der Waals surface area contributed by atoms with Crippen LogP contribution in [0.2, 0.25) is 5.02 Å². The first-order valence-electron chi connectivity index (χ1n) is 9.08. The van der Waals surface area contributed by atoms with E-state index in [0.717, 1.165) is 17.8 Å². The van der Waals surface area contributed by atoms with E-state index >= 15 is 0 Å². The van der Waals surface area contributed by atoms with E-state index < -0.39 is 5.97 Å². The van der Waals surface area contributed by atoms with Crippen LogP contribution in [0.5, 0.6) is 0 Å². The highest BCUT2D eigenvalue weighted by Gasteiger charge is 2.33. The van der Waals surface area contributed by atoms with Gasteiger partial charge in [-0.25, -0.2) is 4.79 Å². The number of nitrogens with one attached hydrogen (secondary N) is 2. The molecule has 9 nitrogen and oxygen atoms in total. The average Bonchev–Trinajstić information content (AvgIpc) is 3.37. The molecule has 1 atom stereocenters. The van der Waals surface area contributed by atoms with Crippen molar-refractivity contribution in [2.45, 2.75) is 25.8 Å². The van der Waals surface area contributed by atoms with Gasteiger partial charge < -0.3 is 20.3 Å². The van der Waals surface area contributed by atoms with Crippen molar-refractivity contribution in [2.24, 2.45) is 0 Å². The minimum Gasteiger partial charge on any atom is -0.465 e. The van der Waals surface area contributed by atoms with Gasteiger partial charge in [0, 0.05) is 17.3 Å². The summed E-state index contributed by atoms with van der Waals surface area (Å²) < 4.78 is 4.81. The maximum atomic E-state index is 12.4. The fourth-order valence-electron chi connectivity index (χ4n) is 2.91. The molecule has 29 heavy (non-hydrogen) atoms. The van der Waals surface area contributed by atoms with Crippen LogP contribution in [0.1, 0.15) is 40.6 Å². The van der Waals surface area contributed by atoms with Crippen LogP contribution in [0.25, 0.3) is 0 Å². The zero-order valence-corrected chi connectivity index (χ0v) is 17.3. The molecule has 0 spiro atoms. The first-order chi connectivity index (χ1) is 14.0. The Morgan fingerprint density at radius 2 is 2.03 bits per heavy atom. The highest BCUT2D eigenvalue weighted by Crippen LogP contribution is 2.33. The number of amides is 3. The second-order valence-corrected chi connectivity index (χ2v) is 7.67. The van der Waals surface area contributed by atoms with Crippen LogP contribution >= 0.6 is 22.9 Å². The van der Waals surface area contributed by atoms with Gasteiger partial charge >= 0.3 is 12.0 Å². The second kappa shape index (κ2) is 9.66. The van der Waals surface area contributed by atoms with Crippen molar-refractivity contribution in [3.05, 3.63) is 39.3 Å². The van der Waals surface area contributed by atoms with Crippen molar-refractivity contribution in [1.82, 2.24) is 20.4 Å². The Labute approximate surface area is 176 Å². The molecule has 1 aromatic carbocycles. The van der Waals surface area contributed by atoms with Crippen LogP contribution in [0.15, 0.2) is 24.3 Å². The molecule has 3 rings (SSSR count). The zero-order valence-electron chi connectivity index (χ0n) is 15.7. The summed E-state index contributed by atoms with van der Waals surface area (Å²) in [7, 11) is 0. The first-order valence-corrected chi connectivity index (χ1v) is 10.3. The number of urea groups is 1. The van der Waals surface area contributed by atoms with Crippen molar-refractivity contribution >= 4 is 46.5 Å². The standard InChI is InChI=1S/C18H20ClN5O4S/c1-2-28-14(25)10-20-18(27)24-9-3-4-13(24)16-22-23-17(29-16)15(26)21-12-7-5-11(19)6-8-12/h5-8,13H,2-4,9-10H2,1H3,(H,20,27)(H,21,26). The predicted molar refractivity (Wildman–Crippen MR) is 108 cm³/mol. The molecule has 1 saturated heterocycles. The summed E-state index contributed by atoms with van der Waals surface area (Å²) in [6.07, 6.45) is 1.50. The van der Waals surface area contributed by atoms with Crippen LogP contribution in [0, 0.1) is 0 Å². The van der Waals surface area contributed by atoms with Crippen molar-refractivity contribution in [2.75, 3.05) is 25.0 Å². The quantitative estimate of drug-likeness (QED) is 0.672. The lowest BCUT2D eigenvalue weighted by atomic mass is 10.2. The maximum absolute atomic E-state index is 12.4. The molecule has 2 N–H and O–H groups in total. The summed E-state index contributed by atoms with van der Waals surface area (Å²) in [5, 5.41) is 14.7. The highest BCUT2D eigenvalue weighted by atomic mass is 35.5. The van der Waals surface area contributed by atoms with E-state index in [9.17, 15) is 14.4 Å². The van der Waals surface area contributed by atoms with Crippen LogP contribution in [-0.2, 0) is 9.53 Å². The fraction of sp³-hybridized carbons (Fsp3) is 0.389. The number of benzene rings is 1. The Morgan fingerprint density at radius 1 is 1.28 bits per heavy atom. The normalized spacial score (nSPS) is 15.8. The molecule has 1 unspecified atom stereocenters. The number of esters is 1. The summed E-state index contributed by atoms with van der Waals surface area (Å²) in [6.45, 7) is 2.30. The molecule has 0 radical (unpaired) electrons. The number of nitrogens with zero attached hydrogens (tertiary/aromatic N) is 3. The van der Waals surface area contributed by atoms with E-state index in [1.54, 1.807) is 36.1 Å². The van der Waals surface area contributed by atoms with Crippen molar-refractivity contribution in [3.8, 4) is 0 Å². The third-order valence-corrected chi connectivity index (χ3v) is 5.50. The number of likely N-dealkylation sites (tertiary alicyclic amines) is 1. The van der Waals surface area contributed by atoms with E-state index in [1.165, 1.54) is 0 Å². The van der Waals surface area contributed by atoms with Gasteiger partial charge in [0.1, 0.15) is 11.6 Å². The molecule has 1 aromatic heterocycles. The summed E-state index contributed by atoms with van der Waals surface area (Å²) in [5.41, 5.74) is 0.594. The summed E-state index contributed by atoms with van der Waals surface area (Å²) in [4.78, 5) is 37.9. The van der Waals surface area contributed by atoms with E-state index in [0.29, 0.717) is 28.7 Å². The van der Waals surface area contributed by atoms with Gasteiger partial charge in [0.05, 0.1) is 12.6 Å². The molecule has 1 aliphatic rings. The Bertz CT molecular complexity index is 889. The van der Waals surface area contributed by atoms with Gasteiger partial charge in [-0.3, -0.25) is 9.59 Å². The fourth-order valence-corrected chi connectivity index (χ4v) is 3.92. The molecule has 154 valence electrons. The Kier molecular flexibility index (Phi) is 6.99. The molecule has 1 fully saturated rings. The second-order valence-electron chi connectivity index (χ2n) is 6.22.